The van der Waals surface area contributed by atoms with Crippen LogP contribution in [0.3, 0.4) is 0 Å². The third kappa shape index (κ3) is 3.95. The number of carbonyl (C=O) groups is 1. The molecule has 3 aromatic rings. The average molecular weight is 334 g/mol. The number of ketones is 1. The summed E-state index contributed by atoms with van der Waals surface area (Å²) in [6.07, 6.45) is 4.56. The van der Waals surface area contributed by atoms with Gasteiger partial charge in [-0.05, 0) is 29.3 Å². The number of H-pyrrole nitrogens is 1. The Bertz CT molecular complexity index is 935. The number of hydrogen-bond acceptors (Lipinski definition) is 3. The molecule has 2 aromatic carbocycles. The largest absolute Gasteiger partial charge is 0.497 e. The molecular formula is C20H18N2O3. The number of carbonyl (C=O) groups excluding carboxylic acids is 1. The predicted octanol–water partition coefficient (Wildman–Crippen LogP) is 3.13. The van der Waals surface area contributed by atoms with E-state index in [1.807, 2.05) is 54.6 Å². The smallest absolute Gasteiger partial charge is 0.278 e. The number of methoxy groups -OCH3 is 1. The summed E-state index contributed by atoms with van der Waals surface area (Å²) in [6, 6.07) is 16.9. The predicted molar refractivity (Wildman–Crippen MR) is 97.0 cm³/mol. The van der Waals surface area contributed by atoms with Crippen LogP contribution < -0.4 is 10.3 Å². The summed E-state index contributed by atoms with van der Waals surface area (Å²) in [7, 11) is 1.60. The highest BCUT2D eigenvalue weighted by molar-refractivity contribution is 6.06. The molecule has 5 nitrogen and oxygen atoms in total. The summed E-state index contributed by atoms with van der Waals surface area (Å²) < 4.78 is 6.52. The second-order valence-corrected chi connectivity index (χ2v) is 5.53. The van der Waals surface area contributed by atoms with Crippen molar-refractivity contribution < 1.29 is 9.53 Å². The minimum atomic E-state index is -0.335. The van der Waals surface area contributed by atoms with Gasteiger partial charge >= 0.3 is 0 Å². The molecule has 0 bridgehead atoms. The van der Waals surface area contributed by atoms with Crippen molar-refractivity contribution in [2.75, 3.05) is 7.11 Å². The van der Waals surface area contributed by atoms with Crippen molar-refractivity contribution in [1.29, 1.82) is 0 Å². The van der Waals surface area contributed by atoms with E-state index in [-0.39, 0.29) is 16.9 Å². The van der Waals surface area contributed by atoms with Crippen LogP contribution in [0, 0.1) is 0 Å². The highest BCUT2D eigenvalue weighted by atomic mass is 16.5. The maximum atomic E-state index is 12.4. The van der Waals surface area contributed by atoms with Gasteiger partial charge in [0.1, 0.15) is 11.3 Å². The van der Waals surface area contributed by atoms with Gasteiger partial charge in [0.05, 0.1) is 13.7 Å². The molecule has 0 saturated heterocycles. The lowest BCUT2D eigenvalue weighted by Gasteiger charge is -2.03. The van der Waals surface area contributed by atoms with Gasteiger partial charge in [0.2, 0.25) is 0 Å². The van der Waals surface area contributed by atoms with Gasteiger partial charge in [-0.2, -0.15) is 0 Å². The zero-order valence-corrected chi connectivity index (χ0v) is 13.8. The first-order valence-electron chi connectivity index (χ1n) is 7.86. The number of aromatic nitrogens is 2. The van der Waals surface area contributed by atoms with Gasteiger partial charge in [-0.3, -0.25) is 9.59 Å². The zero-order chi connectivity index (χ0) is 17.6. The molecule has 0 unspecified atom stereocenters. The first-order chi connectivity index (χ1) is 12.2. The normalized spacial score (nSPS) is 10.9. The van der Waals surface area contributed by atoms with Crippen LogP contribution in [0.5, 0.6) is 5.75 Å². The number of rotatable bonds is 6. The van der Waals surface area contributed by atoms with E-state index in [2.05, 4.69) is 5.10 Å². The van der Waals surface area contributed by atoms with Crippen LogP contribution in [0.4, 0.5) is 0 Å². The molecule has 1 heterocycles. The Hall–Kier alpha value is -3.34. The van der Waals surface area contributed by atoms with Crippen molar-refractivity contribution in [1.82, 2.24) is 9.78 Å². The van der Waals surface area contributed by atoms with E-state index in [1.165, 1.54) is 17.0 Å². The van der Waals surface area contributed by atoms with Gasteiger partial charge in [0, 0.05) is 6.20 Å². The number of nitrogens with zero attached hydrogens (tertiary/aromatic N) is 1. The summed E-state index contributed by atoms with van der Waals surface area (Å²) in [5, 5.41) is 2.85. The molecule has 0 aliphatic carbocycles. The third-order valence-electron chi connectivity index (χ3n) is 3.83. The molecule has 0 fully saturated rings. The minimum Gasteiger partial charge on any atom is -0.497 e. The number of allylic oxidation sites excluding steroid dienone is 1. The second kappa shape index (κ2) is 7.49. The molecule has 5 heteroatoms. The molecule has 0 saturated carbocycles. The van der Waals surface area contributed by atoms with Crippen molar-refractivity contribution in [2.45, 2.75) is 6.54 Å². The van der Waals surface area contributed by atoms with E-state index in [0.29, 0.717) is 6.54 Å². The van der Waals surface area contributed by atoms with E-state index in [1.54, 1.807) is 13.2 Å². The molecular weight excluding hydrogens is 316 g/mol. The van der Waals surface area contributed by atoms with E-state index in [4.69, 9.17) is 4.74 Å². The summed E-state index contributed by atoms with van der Waals surface area (Å²) in [4.78, 5) is 24.7. The van der Waals surface area contributed by atoms with E-state index >= 15 is 0 Å². The maximum absolute atomic E-state index is 12.4. The lowest BCUT2D eigenvalue weighted by Crippen LogP contribution is -2.21. The van der Waals surface area contributed by atoms with Crippen molar-refractivity contribution in [3.05, 3.63) is 93.9 Å². The molecule has 1 N–H and O–H groups in total. The maximum Gasteiger partial charge on any atom is 0.278 e. The number of aromatic amines is 1. The van der Waals surface area contributed by atoms with Crippen molar-refractivity contribution in [3.8, 4) is 5.75 Å². The van der Waals surface area contributed by atoms with Crippen LogP contribution in [-0.4, -0.2) is 22.7 Å². The van der Waals surface area contributed by atoms with Crippen LogP contribution in [0.25, 0.3) is 6.08 Å². The Kier molecular flexibility index (Phi) is 4.95. The Labute approximate surface area is 145 Å². The molecule has 0 aliphatic rings. The van der Waals surface area contributed by atoms with Gasteiger partial charge in [0.15, 0.2) is 5.78 Å². The average Bonchev–Trinajstić information content (AvgIpc) is 3.02. The summed E-state index contributed by atoms with van der Waals surface area (Å²) in [5.74, 6) is 0.433. The fourth-order valence-electron chi connectivity index (χ4n) is 2.44. The standard InChI is InChI=1S/C20H18N2O3/c1-25-17-10-7-16(8-11-17)14-22-20(24)18(13-21-22)19(23)12-9-15-5-3-2-4-6-15/h2-13,21H,14H2,1H3/b12-9+. The van der Waals surface area contributed by atoms with Crippen molar-refractivity contribution >= 4 is 11.9 Å². The van der Waals surface area contributed by atoms with E-state index in [0.717, 1.165) is 16.9 Å². The van der Waals surface area contributed by atoms with Crippen LogP contribution in [-0.2, 0) is 6.54 Å². The van der Waals surface area contributed by atoms with Crippen LogP contribution >= 0.6 is 0 Å². The summed E-state index contributed by atoms with van der Waals surface area (Å²) in [6.45, 7) is 0.360. The Morgan fingerprint density at radius 1 is 1.12 bits per heavy atom. The molecule has 0 aliphatic heterocycles. The van der Waals surface area contributed by atoms with Crippen molar-refractivity contribution in [3.63, 3.8) is 0 Å². The highest BCUT2D eigenvalue weighted by Crippen LogP contribution is 2.11. The van der Waals surface area contributed by atoms with Gasteiger partial charge < -0.3 is 9.84 Å². The van der Waals surface area contributed by atoms with Crippen LogP contribution in [0.2, 0.25) is 0 Å². The van der Waals surface area contributed by atoms with Crippen LogP contribution in [0.1, 0.15) is 21.5 Å². The molecule has 25 heavy (non-hydrogen) atoms. The minimum absolute atomic E-state index is 0.126. The molecule has 0 radical (unpaired) electrons. The number of hydrogen-bond donors (Lipinski definition) is 1. The Morgan fingerprint density at radius 2 is 1.84 bits per heavy atom. The summed E-state index contributed by atoms with van der Waals surface area (Å²) in [5.41, 5.74) is 1.63. The van der Waals surface area contributed by atoms with Gasteiger partial charge in [-0.15, -0.1) is 0 Å². The SMILES string of the molecule is COc1ccc(Cn2[nH]cc(C(=O)/C=C/c3ccccc3)c2=O)cc1. The molecule has 1 aromatic heterocycles. The molecule has 0 atom stereocenters. The Morgan fingerprint density at radius 3 is 2.52 bits per heavy atom. The highest BCUT2D eigenvalue weighted by Gasteiger charge is 2.12. The fourth-order valence-corrected chi connectivity index (χ4v) is 2.44. The summed E-state index contributed by atoms with van der Waals surface area (Å²) >= 11 is 0. The fraction of sp³-hybridized carbons (Fsp3) is 0.100. The lowest BCUT2D eigenvalue weighted by molar-refractivity contribution is 0.104. The number of ether oxygens (including phenoxy) is 1. The second-order valence-electron chi connectivity index (χ2n) is 5.53. The first-order valence-corrected chi connectivity index (χ1v) is 7.86. The Balaban J connectivity index is 1.75. The first kappa shape index (κ1) is 16.5. The molecule has 126 valence electrons. The van der Waals surface area contributed by atoms with Gasteiger partial charge in [-0.25, -0.2) is 4.68 Å². The topological polar surface area (TPSA) is 64.1 Å². The van der Waals surface area contributed by atoms with E-state index in [9.17, 15) is 9.59 Å². The molecule has 0 amide bonds. The van der Waals surface area contributed by atoms with Crippen molar-refractivity contribution in [2.24, 2.45) is 0 Å². The third-order valence-corrected chi connectivity index (χ3v) is 3.83. The number of benzene rings is 2. The monoisotopic (exact) mass is 334 g/mol. The van der Waals surface area contributed by atoms with Gasteiger partial charge in [0.25, 0.3) is 5.56 Å². The number of nitrogens with one attached hydrogen (secondary N) is 1. The quantitative estimate of drug-likeness (QED) is 0.556. The molecule has 3 rings (SSSR count). The zero-order valence-electron chi connectivity index (χ0n) is 13.8. The van der Waals surface area contributed by atoms with Gasteiger partial charge in [-0.1, -0.05) is 48.5 Å². The molecule has 0 spiro atoms. The van der Waals surface area contributed by atoms with Crippen LogP contribution in [0.15, 0.2) is 71.7 Å². The lowest BCUT2D eigenvalue weighted by atomic mass is 10.1. The van der Waals surface area contributed by atoms with E-state index < -0.39 is 0 Å².